The van der Waals surface area contributed by atoms with Crippen molar-refractivity contribution in [2.24, 2.45) is 11.8 Å². The lowest BCUT2D eigenvalue weighted by Gasteiger charge is -2.21. The molecule has 0 radical (unpaired) electrons. The van der Waals surface area contributed by atoms with Crippen molar-refractivity contribution in [1.29, 1.82) is 0 Å². The second-order valence-corrected chi connectivity index (χ2v) is 10.9. The van der Waals surface area contributed by atoms with Crippen LogP contribution < -0.4 is 10.6 Å². The maximum absolute atomic E-state index is 10.6. The number of aliphatic hydroxyl groups excluding tert-OH is 3. The Kier molecular flexibility index (Phi) is 6.41. The van der Waals surface area contributed by atoms with E-state index in [9.17, 15) is 15.3 Å². The van der Waals surface area contributed by atoms with E-state index in [4.69, 9.17) is 15.0 Å². The Hall–Kier alpha value is -2.40. The molecule has 10 heteroatoms. The molecule has 3 aromatic rings. The van der Waals surface area contributed by atoms with Gasteiger partial charge >= 0.3 is 0 Å². The van der Waals surface area contributed by atoms with Gasteiger partial charge in [0.2, 0.25) is 5.95 Å². The number of nitrogens with one attached hydrogen (secondary N) is 2. The Balaban J connectivity index is 1.56. The number of fused-ring (bicyclic) bond motifs is 1. The minimum Gasteiger partial charge on any atom is -0.396 e. The van der Waals surface area contributed by atoms with Gasteiger partial charge in [-0.15, -0.1) is 11.3 Å². The van der Waals surface area contributed by atoms with Crippen LogP contribution in [0.25, 0.3) is 20.8 Å². The Morgan fingerprint density at radius 1 is 1.12 bits per heavy atom. The van der Waals surface area contributed by atoms with E-state index in [1.807, 2.05) is 19.2 Å². The number of aryl methyl sites for hydroxylation is 1. The molecule has 2 aliphatic rings. The van der Waals surface area contributed by atoms with Gasteiger partial charge in [-0.05, 0) is 44.6 Å². The largest absolute Gasteiger partial charge is 0.396 e. The summed E-state index contributed by atoms with van der Waals surface area (Å²) in [5.74, 6) is 1.20. The van der Waals surface area contributed by atoms with Gasteiger partial charge in [0.05, 0.1) is 33.8 Å². The van der Waals surface area contributed by atoms with Gasteiger partial charge in [0.25, 0.3) is 0 Å². The average molecular weight is 485 g/mol. The van der Waals surface area contributed by atoms with Crippen molar-refractivity contribution in [3.05, 3.63) is 23.7 Å². The lowest BCUT2D eigenvalue weighted by Crippen LogP contribution is -2.35. The van der Waals surface area contributed by atoms with Crippen LogP contribution in [0.15, 0.2) is 12.3 Å². The highest BCUT2D eigenvalue weighted by Gasteiger charge is 2.41. The zero-order valence-electron chi connectivity index (χ0n) is 19.7. The van der Waals surface area contributed by atoms with Gasteiger partial charge < -0.3 is 26.0 Å². The molecule has 5 rings (SSSR count). The number of rotatable bonds is 8. The van der Waals surface area contributed by atoms with Gasteiger partial charge in [0.1, 0.15) is 22.4 Å². The van der Waals surface area contributed by atoms with Crippen LogP contribution in [0.5, 0.6) is 0 Å². The summed E-state index contributed by atoms with van der Waals surface area (Å²) >= 11 is 1.57. The third-order valence-corrected chi connectivity index (χ3v) is 7.60. The van der Waals surface area contributed by atoms with Gasteiger partial charge in [-0.1, -0.05) is 13.8 Å². The Labute approximate surface area is 202 Å². The van der Waals surface area contributed by atoms with E-state index in [1.54, 1.807) is 11.3 Å². The monoisotopic (exact) mass is 484 g/mol. The molecule has 0 spiro atoms. The molecule has 4 atom stereocenters. The fraction of sp³-hybridized carbons (Fsp3) is 0.583. The molecule has 9 nitrogen and oxygen atoms in total. The van der Waals surface area contributed by atoms with Crippen molar-refractivity contribution in [3.63, 3.8) is 0 Å². The number of pyridine rings is 1. The molecule has 2 saturated carbocycles. The molecular weight excluding hydrogens is 452 g/mol. The van der Waals surface area contributed by atoms with E-state index in [2.05, 4.69) is 29.5 Å². The highest BCUT2D eigenvalue weighted by molar-refractivity contribution is 7.21. The number of nitrogens with zero attached hydrogens (tertiary/aromatic N) is 4. The topological polar surface area (TPSA) is 136 Å². The first-order chi connectivity index (χ1) is 16.3. The first-order valence-electron chi connectivity index (χ1n) is 12.0. The summed E-state index contributed by atoms with van der Waals surface area (Å²) in [6, 6.07) is 1.93. The molecule has 0 aromatic carbocycles. The van der Waals surface area contributed by atoms with Gasteiger partial charge in [-0.3, -0.25) is 4.98 Å². The molecular formula is C24H32N6O3S. The molecule has 2 fully saturated rings. The van der Waals surface area contributed by atoms with Crippen molar-refractivity contribution in [3.8, 4) is 10.6 Å². The zero-order valence-corrected chi connectivity index (χ0v) is 20.5. The quantitative estimate of drug-likeness (QED) is 0.327. The number of anilines is 2. The van der Waals surface area contributed by atoms with E-state index in [-0.39, 0.29) is 12.5 Å². The molecule has 182 valence electrons. The zero-order chi connectivity index (χ0) is 24.0. The lowest BCUT2D eigenvalue weighted by atomic mass is 10.1. The van der Waals surface area contributed by atoms with Crippen LogP contribution in [-0.4, -0.2) is 66.2 Å². The van der Waals surface area contributed by atoms with Gasteiger partial charge in [-0.25, -0.2) is 9.97 Å². The molecule has 5 N–H and O–H groups in total. The van der Waals surface area contributed by atoms with Crippen LogP contribution in [0, 0.1) is 18.8 Å². The minimum atomic E-state index is -1.00. The standard InChI is InChI=1S/C24H32N6O3S/c1-11(2)8-15-19-17(6-7-25-15)34-23(29-19)18-12(3)26-24(27-14-4-5-14)30-22(18)28-16-9-13(10-31)20(32)21(16)33/h6-7,11,13-14,16,20-21,31-33H,4-5,8-10H2,1-3H3,(H2,26,27,28,30)/t13-,16-,20-,21+/m1/s1. The highest BCUT2D eigenvalue weighted by atomic mass is 32.1. The van der Waals surface area contributed by atoms with Crippen molar-refractivity contribution in [2.45, 2.75) is 70.7 Å². The van der Waals surface area contributed by atoms with Crippen LogP contribution in [0.3, 0.4) is 0 Å². The van der Waals surface area contributed by atoms with Crippen LogP contribution in [0.2, 0.25) is 0 Å². The predicted octanol–water partition coefficient (Wildman–Crippen LogP) is 2.74. The van der Waals surface area contributed by atoms with E-state index >= 15 is 0 Å². The van der Waals surface area contributed by atoms with Crippen molar-refractivity contribution < 1.29 is 15.3 Å². The maximum atomic E-state index is 10.6. The average Bonchev–Trinajstić information content (AvgIpc) is 3.42. The molecule has 2 aliphatic carbocycles. The molecule has 0 unspecified atom stereocenters. The summed E-state index contributed by atoms with van der Waals surface area (Å²) in [6.45, 7) is 6.10. The first kappa shape index (κ1) is 23.3. The van der Waals surface area contributed by atoms with Gasteiger partial charge in [0, 0.05) is 24.8 Å². The summed E-state index contributed by atoms with van der Waals surface area (Å²) in [5.41, 5.74) is 3.45. The normalized spacial score (nSPS) is 24.8. The van der Waals surface area contributed by atoms with Crippen LogP contribution in [-0.2, 0) is 6.42 Å². The van der Waals surface area contributed by atoms with E-state index in [1.165, 1.54) is 0 Å². The molecule has 0 aliphatic heterocycles. The number of hydrogen-bond acceptors (Lipinski definition) is 10. The van der Waals surface area contributed by atoms with E-state index < -0.39 is 18.2 Å². The number of hydrogen-bond donors (Lipinski definition) is 5. The molecule has 3 heterocycles. The van der Waals surface area contributed by atoms with Crippen LogP contribution in [0.4, 0.5) is 11.8 Å². The second kappa shape index (κ2) is 9.33. The summed E-state index contributed by atoms with van der Waals surface area (Å²) in [4.78, 5) is 19.0. The predicted molar refractivity (Wildman–Crippen MR) is 133 cm³/mol. The smallest absolute Gasteiger partial charge is 0.225 e. The second-order valence-electron chi connectivity index (χ2n) is 9.91. The third kappa shape index (κ3) is 4.59. The number of aromatic nitrogens is 4. The van der Waals surface area contributed by atoms with E-state index in [0.717, 1.165) is 51.4 Å². The van der Waals surface area contributed by atoms with E-state index in [0.29, 0.717) is 30.1 Å². The Morgan fingerprint density at radius 3 is 2.59 bits per heavy atom. The Bertz CT molecular complexity index is 1180. The summed E-state index contributed by atoms with van der Waals surface area (Å²) < 4.78 is 1.06. The van der Waals surface area contributed by atoms with Gasteiger partial charge in [-0.2, -0.15) is 4.98 Å². The van der Waals surface area contributed by atoms with Crippen molar-refractivity contribution >= 4 is 33.3 Å². The van der Waals surface area contributed by atoms with Gasteiger partial charge in [0.15, 0.2) is 0 Å². The van der Waals surface area contributed by atoms with Crippen LogP contribution >= 0.6 is 11.3 Å². The molecule has 0 amide bonds. The molecule has 0 saturated heterocycles. The number of thiazole rings is 1. The van der Waals surface area contributed by atoms with Crippen molar-refractivity contribution in [1.82, 2.24) is 19.9 Å². The molecule has 3 aromatic heterocycles. The summed E-state index contributed by atoms with van der Waals surface area (Å²) in [7, 11) is 0. The first-order valence-corrected chi connectivity index (χ1v) is 12.8. The fourth-order valence-electron chi connectivity index (χ4n) is 4.58. The lowest BCUT2D eigenvalue weighted by molar-refractivity contribution is 0.00446. The molecule has 0 bridgehead atoms. The van der Waals surface area contributed by atoms with Crippen LogP contribution in [0.1, 0.15) is 44.5 Å². The summed E-state index contributed by atoms with van der Waals surface area (Å²) in [6.07, 6.45) is 3.33. The SMILES string of the molecule is Cc1nc(NC2CC2)nc(N[C@@H]2C[C@H](CO)[C@@H](O)[C@H]2O)c1-c1nc2c(CC(C)C)nccc2s1. The molecule has 34 heavy (non-hydrogen) atoms. The Morgan fingerprint density at radius 2 is 1.91 bits per heavy atom. The highest BCUT2D eigenvalue weighted by Crippen LogP contribution is 2.39. The maximum Gasteiger partial charge on any atom is 0.225 e. The minimum absolute atomic E-state index is 0.177. The third-order valence-electron chi connectivity index (χ3n) is 6.56. The number of aliphatic hydroxyl groups is 3. The summed E-state index contributed by atoms with van der Waals surface area (Å²) in [5, 5.41) is 38.0. The fourth-order valence-corrected chi connectivity index (χ4v) is 5.66. The van der Waals surface area contributed by atoms with Crippen molar-refractivity contribution in [2.75, 3.05) is 17.2 Å².